The van der Waals surface area contributed by atoms with Crippen LogP contribution >= 0.6 is 11.6 Å². The molecule has 2 rings (SSSR count). The third-order valence-electron chi connectivity index (χ3n) is 2.72. The molecule has 0 saturated heterocycles. The van der Waals surface area contributed by atoms with Crippen molar-refractivity contribution in [2.24, 2.45) is 0 Å². The van der Waals surface area contributed by atoms with Gasteiger partial charge in [-0.1, -0.05) is 30.7 Å². The minimum Gasteiger partial charge on any atom is -0.377 e. The zero-order valence-corrected chi connectivity index (χ0v) is 12.4. The van der Waals surface area contributed by atoms with Gasteiger partial charge in [0.25, 0.3) is 0 Å². The Kier molecular flexibility index (Phi) is 5.32. The van der Waals surface area contributed by atoms with Gasteiger partial charge in [-0.3, -0.25) is 0 Å². The molecule has 1 aromatic carbocycles. The molecule has 0 aliphatic rings. The molecule has 106 valence electrons. The van der Waals surface area contributed by atoms with Crippen molar-refractivity contribution in [1.29, 1.82) is 0 Å². The zero-order chi connectivity index (χ0) is 14.4. The molecule has 0 bridgehead atoms. The Hall–Kier alpha value is -1.65. The van der Waals surface area contributed by atoms with Crippen molar-refractivity contribution in [3.05, 3.63) is 41.2 Å². The van der Waals surface area contributed by atoms with E-state index in [2.05, 4.69) is 22.2 Å². The fraction of sp³-hybridized carbons (Fsp3) is 0.333. The molecule has 5 heteroatoms. The highest BCUT2D eigenvalue weighted by Gasteiger charge is 2.07. The maximum Gasteiger partial charge on any atom is 0.157 e. The molecule has 0 aliphatic carbocycles. The summed E-state index contributed by atoms with van der Waals surface area (Å²) in [5.41, 5.74) is 1.81. The summed E-state index contributed by atoms with van der Waals surface area (Å²) >= 11 is 6.04. The number of aromatic nitrogens is 2. The Morgan fingerprint density at radius 1 is 1.25 bits per heavy atom. The van der Waals surface area contributed by atoms with E-state index in [1.54, 1.807) is 7.11 Å². The van der Waals surface area contributed by atoms with Crippen LogP contribution in [0.3, 0.4) is 0 Å². The molecule has 1 aromatic heterocycles. The van der Waals surface area contributed by atoms with Crippen molar-refractivity contribution in [3.63, 3.8) is 0 Å². The SMILES string of the molecule is CCCNc1cc(-c2cccc(Cl)c2)nc(COC)n1. The van der Waals surface area contributed by atoms with Crippen molar-refractivity contribution in [1.82, 2.24) is 9.97 Å². The Balaban J connectivity index is 2.37. The first kappa shape index (κ1) is 14.8. The van der Waals surface area contributed by atoms with Crippen LogP contribution in [0, 0.1) is 0 Å². The van der Waals surface area contributed by atoms with Crippen LogP contribution in [0.5, 0.6) is 0 Å². The number of halogens is 1. The summed E-state index contributed by atoms with van der Waals surface area (Å²) in [5.74, 6) is 1.47. The molecule has 0 unspecified atom stereocenters. The molecule has 0 radical (unpaired) electrons. The van der Waals surface area contributed by atoms with Crippen LogP contribution in [0.2, 0.25) is 5.02 Å². The number of ether oxygens (including phenoxy) is 1. The molecular formula is C15H18ClN3O. The average Bonchev–Trinajstić information content (AvgIpc) is 2.45. The van der Waals surface area contributed by atoms with Crippen molar-refractivity contribution in [2.45, 2.75) is 20.0 Å². The van der Waals surface area contributed by atoms with Gasteiger partial charge in [-0.2, -0.15) is 0 Å². The van der Waals surface area contributed by atoms with E-state index in [0.29, 0.717) is 17.5 Å². The first-order valence-electron chi connectivity index (χ1n) is 6.59. The topological polar surface area (TPSA) is 47.0 Å². The molecule has 20 heavy (non-hydrogen) atoms. The minimum atomic E-state index is 0.384. The molecule has 4 nitrogen and oxygen atoms in total. The molecule has 0 saturated carbocycles. The van der Waals surface area contributed by atoms with Crippen LogP contribution in [0.15, 0.2) is 30.3 Å². The molecular weight excluding hydrogens is 274 g/mol. The van der Waals surface area contributed by atoms with Gasteiger partial charge in [0, 0.05) is 30.3 Å². The zero-order valence-electron chi connectivity index (χ0n) is 11.7. The van der Waals surface area contributed by atoms with Crippen molar-refractivity contribution in [2.75, 3.05) is 19.0 Å². The summed E-state index contributed by atoms with van der Waals surface area (Å²) in [6.45, 7) is 3.37. The highest BCUT2D eigenvalue weighted by atomic mass is 35.5. The van der Waals surface area contributed by atoms with Gasteiger partial charge in [-0.25, -0.2) is 9.97 Å². The third-order valence-corrected chi connectivity index (χ3v) is 2.96. The monoisotopic (exact) mass is 291 g/mol. The predicted octanol–water partition coefficient (Wildman–Crippen LogP) is 3.77. The van der Waals surface area contributed by atoms with Crippen LogP contribution in [0.1, 0.15) is 19.2 Å². The highest BCUT2D eigenvalue weighted by molar-refractivity contribution is 6.30. The average molecular weight is 292 g/mol. The van der Waals surface area contributed by atoms with E-state index in [4.69, 9.17) is 16.3 Å². The number of nitrogens with one attached hydrogen (secondary N) is 1. The van der Waals surface area contributed by atoms with E-state index < -0.39 is 0 Å². The first-order valence-corrected chi connectivity index (χ1v) is 6.97. The highest BCUT2D eigenvalue weighted by Crippen LogP contribution is 2.23. The van der Waals surface area contributed by atoms with Gasteiger partial charge in [0.15, 0.2) is 5.82 Å². The second-order valence-corrected chi connectivity index (χ2v) is 4.86. The summed E-state index contributed by atoms with van der Waals surface area (Å²) in [7, 11) is 1.63. The lowest BCUT2D eigenvalue weighted by Crippen LogP contribution is -2.06. The molecule has 0 atom stereocenters. The van der Waals surface area contributed by atoms with Crippen molar-refractivity contribution >= 4 is 17.4 Å². The van der Waals surface area contributed by atoms with E-state index in [-0.39, 0.29) is 0 Å². The maximum absolute atomic E-state index is 6.04. The number of hydrogen-bond donors (Lipinski definition) is 1. The van der Waals surface area contributed by atoms with E-state index >= 15 is 0 Å². The fourth-order valence-electron chi connectivity index (χ4n) is 1.83. The lowest BCUT2D eigenvalue weighted by molar-refractivity contribution is 0.178. The lowest BCUT2D eigenvalue weighted by atomic mass is 10.1. The van der Waals surface area contributed by atoms with E-state index in [1.165, 1.54) is 0 Å². The first-order chi connectivity index (χ1) is 9.72. The Morgan fingerprint density at radius 2 is 2.10 bits per heavy atom. The van der Waals surface area contributed by atoms with Gasteiger partial charge in [0.2, 0.25) is 0 Å². The Labute approximate surface area is 124 Å². The van der Waals surface area contributed by atoms with Crippen LogP contribution in [0.4, 0.5) is 5.82 Å². The lowest BCUT2D eigenvalue weighted by Gasteiger charge is -2.09. The number of hydrogen-bond acceptors (Lipinski definition) is 4. The van der Waals surface area contributed by atoms with Crippen molar-refractivity contribution < 1.29 is 4.74 Å². The summed E-state index contributed by atoms with van der Waals surface area (Å²) in [4.78, 5) is 8.94. The molecule has 2 aromatic rings. The van der Waals surface area contributed by atoms with E-state index in [1.807, 2.05) is 30.3 Å². The normalized spacial score (nSPS) is 10.6. The largest absolute Gasteiger partial charge is 0.377 e. The summed E-state index contributed by atoms with van der Waals surface area (Å²) in [5, 5.41) is 3.97. The molecule has 0 amide bonds. The number of anilines is 1. The van der Waals surface area contributed by atoms with Crippen LogP contribution in [0.25, 0.3) is 11.3 Å². The summed E-state index contributed by atoms with van der Waals surface area (Å²) < 4.78 is 5.12. The molecule has 0 fully saturated rings. The Morgan fingerprint density at radius 3 is 2.80 bits per heavy atom. The molecule has 1 N–H and O–H groups in total. The van der Waals surface area contributed by atoms with Gasteiger partial charge in [0.1, 0.15) is 12.4 Å². The summed E-state index contributed by atoms with van der Waals surface area (Å²) in [6.07, 6.45) is 1.04. The third kappa shape index (κ3) is 3.92. The van der Waals surface area contributed by atoms with Crippen LogP contribution < -0.4 is 5.32 Å². The summed E-state index contributed by atoms with van der Waals surface area (Å²) in [6, 6.07) is 9.56. The number of nitrogens with zero attached hydrogens (tertiary/aromatic N) is 2. The van der Waals surface area contributed by atoms with Gasteiger partial charge >= 0.3 is 0 Å². The standard InChI is InChI=1S/C15H18ClN3O/c1-3-7-17-14-9-13(18-15(19-14)10-20-2)11-5-4-6-12(16)8-11/h4-6,8-9H,3,7,10H2,1-2H3,(H,17,18,19). The number of methoxy groups -OCH3 is 1. The Bertz CT molecular complexity index is 575. The van der Waals surface area contributed by atoms with Crippen molar-refractivity contribution in [3.8, 4) is 11.3 Å². The number of rotatable bonds is 6. The van der Waals surface area contributed by atoms with Gasteiger partial charge in [-0.05, 0) is 18.6 Å². The van der Waals surface area contributed by atoms with Crippen LogP contribution in [-0.2, 0) is 11.3 Å². The van der Waals surface area contributed by atoms with E-state index in [9.17, 15) is 0 Å². The smallest absolute Gasteiger partial charge is 0.157 e. The van der Waals surface area contributed by atoms with E-state index in [0.717, 1.165) is 30.0 Å². The molecule has 0 aliphatic heterocycles. The molecule has 1 heterocycles. The van der Waals surface area contributed by atoms with Gasteiger partial charge in [0.05, 0.1) is 5.69 Å². The predicted molar refractivity (Wildman–Crippen MR) is 82.0 cm³/mol. The second kappa shape index (κ2) is 7.22. The maximum atomic E-state index is 6.04. The van der Waals surface area contributed by atoms with Gasteiger partial charge in [-0.15, -0.1) is 0 Å². The van der Waals surface area contributed by atoms with Gasteiger partial charge < -0.3 is 10.1 Å². The number of benzene rings is 1. The minimum absolute atomic E-state index is 0.384. The fourth-order valence-corrected chi connectivity index (χ4v) is 2.02. The van der Waals surface area contributed by atoms with Crippen LogP contribution in [-0.4, -0.2) is 23.6 Å². The molecule has 0 spiro atoms. The second-order valence-electron chi connectivity index (χ2n) is 4.42. The quantitative estimate of drug-likeness (QED) is 0.880.